The lowest BCUT2D eigenvalue weighted by molar-refractivity contribution is 0.0523. The third-order valence-corrected chi connectivity index (χ3v) is 5.53. The first-order chi connectivity index (χ1) is 15.6. The van der Waals surface area contributed by atoms with E-state index in [0.717, 1.165) is 5.56 Å². The van der Waals surface area contributed by atoms with Crippen molar-refractivity contribution in [2.75, 3.05) is 18.7 Å². The van der Waals surface area contributed by atoms with Crippen molar-refractivity contribution in [2.45, 2.75) is 19.8 Å². The van der Waals surface area contributed by atoms with E-state index in [0.29, 0.717) is 41.3 Å². The number of aromatic nitrogens is 1. The van der Waals surface area contributed by atoms with Gasteiger partial charge in [-0.3, -0.25) is 14.2 Å². The zero-order chi connectivity index (χ0) is 22.2. The molecule has 3 heterocycles. The van der Waals surface area contributed by atoms with E-state index in [1.165, 1.54) is 10.6 Å². The van der Waals surface area contributed by atoms with Crippen molar-refractivity contribution >= 4 is 17.6 Å². The lowest BCUT2D eigenvalue weighted by atomic mass is 9.96. The van der Waals surface area contributed by atoms with Gasteiger partial charge in [-0.05, 0) is 49.6 Å². The third kappa shape index (κ3) is 3.30. The first kappa shape index (κ1) is 19.9. The van der Waals surface area contributed by atoms with Gasteiger partial charge in [0.15, 0.2) is 11.5 Å². The fourth-order valence-electron chi connectivity index (χ4n) is 4.05. The van der Waals surface area contributed by atoms with Gasteiger partial charge in [-0.2, -0.15) is 0 Å². The van der Waals surface area contributed by atoms with Crippen molar-refractivity contribution in [1.29, 1.82) is 0 Å². The predicted molar refractivity (Wildman–Crippen MR) is 116 cm³/mol. The number of anilines is 1. The molecule has 5 rings (SSSR count). The van der Waals surface area contributed by atoms with E-state index in [9.17, 15) is 14.4 Å². The smallest absolute Gasteiger partial charge is 0.339 e. The molecule has 1 N–H and O–H groups in total. The number of amides is 1. The van der Waals surface area contributed by atoms with Crippen molar-refractivity contribution < 1.29 is 23.8 Å². The molecule has 0 atom stereocenters. The molecule has 0 fully saturated rings. The number of fused-ring (bicyclic) bond motifs is 4. The van der Waals surface area contributed by atoms with Crippen LogP contribution in [0.5, 0.6) is 11.5 Å². The van der Waals surface area contributed by atoms with Crippen molar-refractivity contribution in [2.24, 2.45) is 0 Å². The molecule has 0 unspecified atom stereocenters. The second-order valence-electron chi connectivity index (χ2n) is 7.43. The molecule has 2 aromatic carbocycles. The Bertz CT molecular complexity index is 1300. The van der Waals surface area contributed by atoms with Gasteiger partial charge in [-0.1, -0.05) is 18.2 Å². The highest BCUT2D eigenvalue weighted by molar-refractivity contribution is 6.04. The summed E-state index contributed by atoms with van der Waals surface area (Å²) in [5.74, 6) is 0.162. The summed E-state index contributed by atoms with van der Waals surface area (Å²) in [6, 6.07) is 13.6. The van der Waals surface area contributed by atoms with Gasteiger partial charge in [0, 0.05) is 17.3 Å². The van der Waals surface area contributed by atoms with Crippen LogP contribution in [0.1, 0.15) is 38.9 Å². The molecule has 3 aromatic rings. The molecule has 0 radical (unpaired) electrons. The fourth-order valence-corrected chi connectivity index (χ4v) is 4.05. The van der Waals surface area contributed by atoms with Crippen LogP contribution in [0.25, 0.3) is 5.69 Å². The Kier molecular flexibility index (Phi) is 4.89. The first-order valence-corrected chi connectivity index (χ1v) is 10.3. The van der Waals surface area contributed by atoms with E-state index >= 15 is 0 Å². The van der Waals surface area contributed by atoms with Gasteiger partial charge in [0.25, 0.3) is 11.5 Å². The molecule has 162 valence electrons. The Hall–Kier alpha value is -4.07. The lowest BCUT2D eigenvalue weighted by Crippen LogP contribution is -2.32. The summed E-state index contributed by atoms with van der Waals surface area (Å²) in [5.41, 5.74) is 2.24. The number of nitrogens with one attached hydrogen (secondary N) is 1. The number of pyridine rings is 1. The Morgan fingerprint density at radius 1 is 1.06 bits per heavy atom. The summed E-state index contributed by atoms with van der Waals surface area (Å²) < 4.78 is 17.6. The van der Waals surface area contributed by atoms with Gasteiger partial charge in [-0.25, -0.2) is 4.79 Å². The second kappa shape index (κ2) is 7.88. The van der Waals surface area contributed by atoms with Gasteiger partial charge in [0.1, 0.15) is 5.69 Å². The number of nitrogens with zero attached hydrogens (tertiary/aromatic N) is 1. The molecule has 8 nitrogen and oxygen atoms in total. The molecule has 1 aromatic heterocycles. The highest BCUT2D eigenvalue weighted by Gasteiger charge is 2.29. The number of carbonyl (C=O) groups is 2. The highest BCUT2D eigenvalue weighted by Crippen LogP contribution is 2.39. The third-order valence-electron chi connectivity index (χ3n) is 5.53. The number of ether oxygens (including phenoxy) is 3. The van der Waals surface area contributed by atoms with Crippen molar-refractivity contribution in [3.05, 3.63) is 81.3 Å². The van der Waals surface area contributed by atoms with Crippen LogP contribution in [0, 0.1) is 0 Å². The van der Waals surface area contributed by atoms with Crippen LogP contribution in [-0.4, -0.2) is 29.8 Å². The average Bonchev–Trinajstić information content (AvgIpc) is 3.27. The molecule has 2 aliphatic heterocycles. The second-order valence-corrected chi connectivity index (χ2v) is 7.43. The Labute approximate surface area is 183 Å². The number of benzene rings is 2. The minimum absolute atomic E-state index is 0.00354. The molecule has 0 bridgehead atoms. The Balaban J connectivity index is 1.67. The monoisotopic (exact) mass is 432 g/mol. The number of aryl methyl sites for hydroxylation is 1. The molecule has 0 aliphatic carbocycles. The van der Waals surface area contributed by atoms with Crippen LogP contribution in [0.15, 0.2) is 53.3 Å². The standard InChI is InChI=1S/C24H20N2O6/c1-2-30-24(29)16-11-17(25-22(27)14-6-4-3-5-7-14)23(28)26-18(16)9-8-15-10-20-21(12-19(15)26)32-13-31-20/h3-7,10-12H,2,8-9,13H2,1H3,(H,25,27). The number of rotatable bonds is 4. The maximum atomic E-state index is 13.5. The maximum Gasteiger partial charge on any atom is 0.339 e. The molecule has 32 heavy (non-hydrogen) atoms. The van der Waals surface area contributed by atoms with E-state index in [1.54, 1.807) is 43.3 Å². The van der Waals surface area contributed by atoms with Crippen molar-refractivity contribution in [3.63, 3.8) is 0 Å². The van der Waals surface area contributed by atoms with E-state index in [1.807, 2.05) is 6.07 Å². The molecule has 0 saturated carbocycles. The normalized spacial score (nSPS) is 13.2. The summed E-state index contributed by atoms with van der Waals surface area (Å²) in [7, 11) is 0. The van der Waals surface area contributed by atoms with Crippen LogP contribution in [0.3, 0.4) is 0 Å². The average molecular weight is 432 g/mol. The molecule has 1 amide bonds. The zero-order valence-electron chi connectivity index (χ0n) is 17.3. The van der Waals surface area contributed by atoms with Gasteiger partial charge >= 0.3 is 5.97 Å². The zero-order valence-corrected chi connectivity index (χ0v) is 17.3. The van der Waals surface area contributed by atoms with Crippen LogP contribution in [-0.2, 0) is 17.6 Å². The summed E-state index contributed by atoms with van der Waals surface area (Å²) >= 11 is 0. The predicted octanol–water partition coefficient (Wildman–Crippen LogP) is 3.09. The number of esters is 1. The Morgan fingerprint density at radius 2 is 1.81 bits per heavy atom. The minimum Gasteiger partial charge on any atom is -0.462 e. The van der Waals surface area contributed by atoms with E-state index in [2.05, 4.69) is 5.32 Å². The van der Waals surface area contributed by atoms with E-state index in [4.69, 9.17) is 14.2 Å². The molecular weight excluding hydrogens is 412 g/mol. The van der Waals surface area contributed by atoms with E-state index in [-0.39, 0.29) is 24.7 Å². The van der Waals surface area contributed by atoms with Crippen molar-refractivity contribution in [3.8, 4) is 17.2 Å². The lowest BCUT2D eigenvalue weighted by Gasteiger charge is -2.25. The summed E-state index contributed by atoms with van der Waals surface area (Å²) in [5, 5.41) is 2.66. The molecule has 2 aliphatic rings. The molecule has 8 heteroatoms. The van der Waals surface area contributed by atoms with Crippen LogP contribution in [0.2, 0.25) is 0 Å². The van der Waals surface area contributed by atoms with Crippen LogP contribution in [0.4, 0.5) is 5.69 Å². The van der Waals surface area contributed by atoms with Gasteiger partial charge in [-0.15, -0.1) is 0 Å². The quantitative estimate of drug-likeness (QED) is 0.637. The SMILES string of the molecule is CCOC(=O)c1cc(NC(=O)c2ccccc2)c(=O)n2c1CCc1cc3c(cc1-2)OCO3. The van der Waals surface area contributed by atoms with Crippen molar-refractivity contribution in [1.82, 2.24) is 4.57 Å². The van der Waals surface area contributed by atoms with Crippen LogP contribution >= 0.6 is 0 Å². The Morgan fingerprint density at radius 3 is 2.56 bits per heavy atom. The summed E-state index contributed by atoms with van der Waals surface area (Å²) in [6.45, 7) is 2.02. The number of carbonyl (C=O) groups excluding carboxylic acids is 2. The minimum atomic E-state index is -0.546. The van der Waals surface area contributed by atoms with Gasteiger partial charge in [0.2, 0.25) is 6.79 Å². The molecule has 0 saturated heterocycles. The molecular formula is C24H20N2O6. The number of hydrogen-bond acceptors (Lipinski definition) is 6. The summed E-state index contributed by atoms with van der Waals surface area (Å²) in [4.78, 5) is 39.0. The molecule has 0 spiro atoms. The topological polar surface area (TPSA) is 95.9 Å². The summed E-state index contributed by atoms with van der Waals surface area (Å²) in [6.07, 6.45) is 1.08. The largest absolute Gasteiger partial charge is 0.462 e. The van der Waals surface area contributed by atoms with E-state index < -0.39 is 17.4 Å². The first-order valence-electron chi connectivity index (χ1n) is 10.3. The fraction of sp³-hybridized carbons (Fsp3) is 0.208. The van der Waals surface area contributed by atoms with Gasteiger partial charge in [0.05, 0.1) is 17.9 Å². The maximum absolute atomic E-state index is 13.5. The van der Waals surface area contributed by atoms with Crippen LogP contribution < -0.4 is 20.3 Å². The number of hydrogen-bond donors (Lipinski definition) is 1. The van der Waals surface area contributed by atoms with Gasteiger partial charge < -0.3 is 19.5 Å². The highest BCUT2D eigenvalue weighted by atomic mass is 16.7.